The van der Waals surface area contributed by atoms with Gasteiger partial charge in [-0.3, -0.25) is 4.79 Å². The normalized spacial score (nSPS) is 22.7. The van der Waals surface area contributed by atoms with Gasteiger partial charge < -0.3 is 14.6 Å². The van der Waals surface area contributed by atoms with E-state index in [0.717, 1.165) is 57.0 Å². The number of ether oxygens (including phenoxy) is 1. The molecular formula is C14H21N3O2. The van der Waals surface area contributed by atoms with Crippen molar-refractivity contribution in [3.8, 4) is 0 Å². The molecule has 3 rings (SSSR count). The number of hydrogen-bond acceptors (Lipinski definition) is 4. The molecule has 1 atom stereocenters. The number of anilines is 1. The zero-order chi connectivity index (χ0) is 13.2. The molecule has 1 aliphatic heterocycles. The highest BCUT2D eigenvalue weighted by molar-refractivity contribution is 5.38. The fourth-order valence-electron chi connectivity index (χ4n) is 2.59. The van der Waals surface area contributed by atoms with E-state index in [4.69, 9.17) is 4.74 Å². The first-order valence-corrected chi connectivity index (χ1v) is 7.24. The number of nitrogens with one attached hydrogen (secondary N) is 1. The Balaban J connectivity index is 1.79. The zero-order valence-electron chi connectivity index (χ0n) is 11.4. The monoisotopic (exact) mass is 263 g/mol. The Morgan fingerprint density at radius 2 is 2.32 bits per heavy atom. The lowest BCUT2D eigenvalue weighted by atomic mass is 10.2. The molecule has 1 N–H and O–H groups in total. The Hall–Kier alpha value is -1.36. The minimum atomic E-state index is -0.0438. The Morgan fingerprint density at radius 3 is 2.95 bits per heavy atom. The third-order valence-corrected chi connectivity index (χ3v) is 3.86. The zero-order valence-corrected chi connectivity index (χ0v) is 11.4. The fourth-order valence-corrected chi connectivity index (χ4v) is 2.59. The standard InChI is InChI=1S/C14H21N3O2/c1-2-17(9-11-4-3-7-19-11)12-8-13(18)16-14(15-12)10-5-6-10/h8,10-11H,2-7,9H2,1H3,(H,15,16,18). The molecule has 1 unspecified atom stereocenters. The highest BCUT2D eigenvalue weighted by Gasteiger charge is 2.27. The summed E-state index contributed by atoms with van der Waals surface area (Å²) in [7, 11) is 0. The van der Waals surface area contributed by atoms with Crippen LogP contribution in [0.5, 0.6) is 0 Å². The van der Waals surface area contributed by atoms with Gasteiger partial charge in [0.15, 0.2) is 0 Å². The maximum Gasteiger partial charge on any atom is 0.252 e. The molecule has 1 aliphatic carbocycles. The predicted molar refractivity (Wildman–Crippen MR) is 73.7 cm³/mol. The summed E-state index contributed by atoms with van der Waals surface area (Å²) in [5, 5.41) is 0. The van der Waals surface area contributed by atoms with Crippen molar-refractivity contribution in [3.05, 3.63) is 22.2 Å². The van der Waals surface area contributed by atoms with Crippen LogP contribution in [-0.2, 0) is 4.74 Å². The molecule has 1 saturated carbocycles. The fraction of sp³-hybridized carbons (Fsp3) is 0.714. The molecule has 2 aliphatic rings. The van der Waals surface area contributed by atoms with E-state index in [9.17, 15) is 4.79 Å². The lowest BCUT2D eigenvalue weighted by Gasteiger charge is -2.25. The maximum absolute atomic E-state index is 11.7. The first-order valence-electron chi connectivity index (χ1n) is 7.24. The highest BCUT2D eigenvalue weighted by atomic mass is 16.5. The number of aromatic amines is 1. The number of hydrogen-bond donors (Lipinski definition) is 1. The number of nitrogens with zero attached hydrogens (tertiary/aromatic N) is 2. The summed E-state index contributed by atoms with van der Waals surface area (Å²) < 4.78 is 5.67. The van der Waals surface area contributed by atoms with Crippen molar-refractivity contribution in [1.82, 2.24) is 9.97 Å². The van der Waals surface area contributed by atoms with Gasteiger partial charge in [-0.05, 0) is 32.6 Å². The average molecular weight is 263 g/mol. The third-order valence-electron chi connectivity index (χ3n) is 3.86. The maximum atomic E-state index is 11.7. The number of likely N-dealkylation sites (N-methyl/N-ethyl adjacent to an activating group) is 1. The molecule has 104 valence electrons. The minimum absolute atomic E-state index is 0.0438. The summed E-state index contributed by atoms with van der Waals surface area (Å²) in [6, 6.07) is 1.60. The molecule has 2 fully saturated rings. The first kappa shape index (κ1) is 12.7. The average Bonchev–Trinajstić information content (AvgIpc) is 3.13. The summed E-state index contributed by atoms with van der Waals surface area (Å²) in [6.45, 7) is 4.63. The van der Waals surface area contributed by atoms with Gasteiger partial charge in [0.25, 0.3) is 5.56 Å². The van der Waals surface area contributed by atoms with Crippen molar-refractivity contribution in [2.45, 2.75) is 44.6 Å². The van der Waals surface area contributed by atoms with Crippen LogP contribution >= 0.6 is 0 Å². The molecule has 0 bridgehead atoms. The van der Waals surface area contributed by atoms with Crippen LogP contribution in [0.4, 0.5) is 5.82 Å². The van der Waals surface area contributed by atoms with E-state index in [2.05, 4.69) is 21.8 Å². The van der Waals surface area contributed by atoms with E-state index in [1.807, 2.05) is 0 Å². The Bertz CT molecular complexity index is 490. The van der Waals surface area contributed by atoms with Crippen molar-refractivity contribution < 1.29 is 4.74 Å². The van der Waals surface area contributed by atoms with Crippen LogP contribution in [0.2, 0.25) is 0 Å². The second-order valence-corrected chi connectivity index (χ2v) is 5.44. The SMILES string of the molecule is CCN(CC1CCCO1)c1cc(=O)[nH]c(C2CC2)n1. The molecule has 0 aromatic carbocycles. The summed E-state index contributed by atoms with van der Waals surface area (Å²) in [5.41, 5.74) is -0.0438. The van der Waals surface area contributed by atoms with E-state index < -0.39 is 0 Å². The molecule has 0 spiro atoms. The van der Waals surface area contributed by atoms with Gasteiger partial charge >= 0.3 is 0 Å². The Labute approximate surface area is 113 Å². The quantitative estimate of drug-likeness (QED) is 0.877. The Morgan fingerprint density at radius 1 is 1.47 bits per heavy atom. The predicted octanol–water partition coefficient (Wildman–Crippen LogP) is 1.65. The van der Waals surface area contributed by atoms with Crippen molar-refractivity contribution in [3.63, 3.8) is 0 Å². The second kappa shape index (κ2) is 5.33. The van der Waals surface area contributed by atoms with Gasteiger partial charge in [-0.25, -0.2) is 4.98 Å². The summed E-state index contributed by atoms with van der Waals surface area (Å²) >= 11 is 0. The third kappa shape index (κ3) is 2.97. The minimum Gasteiger partial charge on any atom is -0.376 e. The topological polar surface area (TPSA) is 58.2 Å². The van der Waals surface area contributed by atoms with Crippen LogP contribution in [0, 0.1) is 0 Å². The molecule has 1 aromatic heterocycles. The molecule has 1 aromatic rings. The van der Waals surface area contributed by atoms with E-state index in [1.54, 1.807) is 6.07 Å². The second-order valence-electron chi connectivity index (χ2n) is 5.44. The van der Waals surface area contributed by atoms with Gasteiger partial charge in [-0.1, -0.05) is 0 Å². The van der Waals surface area contributed by atoms with Crippen LogP contribution in [-0.4, -0.2) is 35.8 Å². The van der Waals surface area contributed by atoms with Crippen LogP contribution in [0.15, 0.2) is 10.9 Å². The van der Waals surface area contributed by atoms with Crippen LogP contribution in [0.1, 0.15) is 44.3 Å². The van der Waals surface area contributed by atoms with Gasteiger partial charge in [-0.15, -0.1) is 0 Å². The van der Waals surface area contributed by atoms with Gasteiger partial charge in [0.1, 0.15) is 11.6 Å². The smallest absolute Gasteiger partial charge is 0.252 e. The number of H-pyrrole nitrogens is 1. The first-order chi connectivity index (χ1) is 9.26. The largest absolute Gasteiger partial charge is 0.376 e. The van der Waals surface area contributed by atoms with Crippen molar-refractivity contribution in [1.29, 1.82) is 0 Å². The molecule has 0 radical (unpaired) electrons. The van der Waals surface area contributed by atoms with E-state index in [0.29, 0.717) is 5.92 Å². The van der Waals surface area contributed by atoms with Crippen molar-refractivity contribution in [2.75, 3.05) is 24.6 Å². The van der Waals surface area contributed by atoms with E-state index in [1.165, 1.54) is 0 Å². The number of rotatable bonds is 5. The molecule has 5 nitrogen and oxygen atoms in total. The van der Waals surface area contributed by atoms with E-state index in [-0.39, 0.29) is 11.7 Å². The molecule has 5 heteroatoms. The van der Waals surface area contributed by atoms with Gasteiger partial charge in [0, 0.05) is 31.7 Å². The van der Waals surface area contributed by atoms with E-state index >= 15 is 0 Å². The molecule has 0 amide bonds. The van der Waals surface area contributed by atoms with Crippen molar-refractivity contribution in [2.24, 2.45) is 0 Å². The highest BCUT2D eigenvalue weighted by Crippen LogP contribution is 2.37. The van der Waals surface area contributed by atoms with Crippen LogP contribution in [0.25, 0.3) is 0 Å². The summed E-state index contributed by atoms with van der Waals surface area (Å²) in [5.74, 6) is 2.12. The van der Waals surface area contributed by atoms with Crippen molar-refractivity contribution >= 4 is 5.82 Å². The number of aromatic nitrogens is 2. The summed E-state index contributed by atoms with van der Waals surface area (Å²) in [4.78, 5) is 21.4. The molecule has 19 heavy (non-hydrogen) atoms. The molecule has 1 saturated heterocycles. The van der Waals surface area contributed by atoms with Gasteiger partial charge in [0.05, 0.1) is 6.10 Å². The molecule has 2 heterocycles. The lowest BCUT2D eigenvalue weighted by Crippen LogP contribution is -2.33. The van der Waals surface area contributed by atoms with Gasteiger partial charge in [-0.2, -0.15) is 0 Å². The van der Waals surface area contributed by atoms with Gasteiger partial charge in [0.2, 0.25) is 0 Å². The van der Waals surface area contributed by atoms with Crippen LogP contribution in [0.3, 0.4) is 0 Å². The molecular weight excluding hydrogens is 242 g/mol. The lowest BCUT2D eigenvalue weighted by molar-refractivity contribution is 0.115. The van der Waals surface area contributed by atoms with Crippen LogP contribution < -0.4 is 10.5 Å². The Kier molecular flexibility index (Phi) is 3.55. The summed E-state index contributed by atoms with van der Waals surface area (Å²) in [6.07, 6.45) is 4.81.